The third-order valence-corrected chi connectivity index (χ3v) is 3.93. The summed E-state index contributed by atoms with van der Waals surface area (Å²) in [6, 6.07) is 0. The zero-order valence-corrected chi connectivity index (χ0v) is 11.1. The molecule has 2 atom stereocenters. The average molecular weight is 262 g/mol. The molecule has 5 nitrogen and oxygen atoms in total. The van der Waals surface area contributed by atoms with Crippen LogP contribution in [0.4, 0.5) is 0 Å². The number of carbonyl (C=O) groups is 1. The predicted octanol–water partition coefficient (Wildman–Crippen LogP) is 1.55. The fourth-order valence-corrected chi connectivity index (χ4v) is 2.82. The van der Waals surface area contributed by atoms with Gasteiger partial charge in [-0.1, -0.05) is 0 Å². The summed E-state index contributed by atoms with van der Waals surface area (Å²) in [7, 11) is 0. The van der Waals surface area contributed by atoms with Crippen molar-refractivity contribution in [3.8, 4) is 0 Å². The number of hydrogen-bond acceptors (Lipinski definition) is 5. The van der Waals surface area contributed by atoms with Gasteiger partial charge in [-0.2, -0.15) is 0 Å². The summed E-state index contributed by atoms with van der Waals surface area (Å²) in [6.45, 7) is 3.85. The van der Waals surface area contributed by atoms with Gasteiger partial charge in [0.1, 0.15) is 0 Å². The summed E-state index contributed by atoms with van der Waals surface area (Å²) >= 11 is 0. The second-order valence-corrected chi connectivity index (χ2v) is 5.47. The first-order valence-corrected chi connectivity index (χ1v) is 6.73. The van der Waals surface area contributed by atoms with Crippen molar-refractivity contribution in [1.82, 2.24) is 9.97 Å². The molecule has 3 heterocycles. The number of aromatic nitrogens is 2. The molecule has 2 aliphatic rings. The highest BCUT2D eigenvalue weighted by atomic mass is 16.6. The van der Waals surface area contributed by atoms with E-state index in [1.807, 2.05) is 6.92 Å². The zero-order valence-electron chi connectivity index (χ0n) is 11.1. The van der Waals surface area contributed by atoms with Crippen molar-refractivity contribution in [2.24, 2.45) is 5.92 Å². The van der Waals surface area contributed by atoms with Crippen molar-refractivity contribution in [2.75, 3.05) is 19.8 Å². The van der Waals surface area contributed by atoms with Crippen molar-refractivity contribution in [3.63, 3.8) is 0 Å². The van der Waals surface area contributed by atoms with E-state index >= 15 is 0 Å². The van der Waals surface area contributed by atoms with Gasteiger partial charge in [0.05, 0.1) is 12.2 Å². The highest BCUT2D eigenvalue weighted by Crippen LogP contribution is 2.36. The highest BCUT2D eigenvalue weighted by molar-refractivity contribution is 5.94. The largest absolute Gasteiger partial charge is 0.378 e. The average Bonchev–Trinajstić information content (AvgIpc) is 2.87. The first-order chi connectivity index (χ1) is 9.19. The fourth-order valence-electron chi connectivity index (χ4n) is 2.82. The molecule has 1 spiro atoms. The SMILES string of the molecule is Cc1cnc(C(=O)C2CCOC3(CCOC3)C2)nc1. The first kappa shape index (κ1) is 12.7. The maximum atomic E-state index is 12.4. The predicted molar refractivity (Wildman–Crippen MR) is 67.9 cm³/mol. The molecule has 3 rings (SSSR count). The van der Waals surface area contributed by atoms with Crippen molar-refractivity contribution in [1.29, 1.82) is 0 Å². The molecule has 2 unspecified atom stereocenters. The maximum Gasteiger partial charge on any atom is 0.203 e. The van der Waals surface area contributed by atoms with Gasteiger partial charge in [-0.15, -0.1) is 0 Å². The molecule has 5 heteroatoms. The number of Topliss-reactive ketones (excluding diaryl/α,β-unsaturated/α-hetero) is 1. The van der Waals surface area contributed by atoms with E-state index in [1.54, 1.807) is 12.4 Å². The van der Waals surface area contributed by atoms with Gasteiger partial charge in [-0.25, -0.2) is 9.97 Å². The highest BCUT2D eigenvalue weighted by Gasteiger charge is 2.43. The van der Waals surface area contributed by atoms with E-state index in [9.17, 15) is 4.79 Å². The molecular formula is C14H18N2O3. The summed E-state index contributed by atoms with van der Waals surface area (Å²) in [5.74, 6) is 0.319. The summed E-state index contributed by atoms with van der Waals surface area (Å²) < 4.78 is 11.3. The molecule has 2 aliphatic heterocycles. The minimum absolute atomic E-state index is 0.0366. The summed E-state index contributed by atoms with van der Waals surface area (Å²) in [5, 5.41) is 0. The molecule has 0 saturated carbocycles. The Morgan fingerprint density at radius 3 is 2.84 bits per heavy atom. The number of carbonyl (C=O) groups excluding carboxylic acids is 1. The third-order valence-electron chi connectivity index (χ3n) is 3.93. The molecule has 0 aliphatic carbocycles. The second-order valence-electron chi connectivity index (χ2n) is 5.47. The van der Waals surface area contributed by atoms with Gasteiger partial charge in [0.2, 0.25) is 5.78 Å². The van der Waals surface area contributed by atoms with Crippen LogP contribution in [0, 0.1) is 12.8 Å². The molecule has 19 heavy (non-hydrogen) atoms. The smallest absolute Gasteiger partial charge is 0.203 e. The van der Waals surface area contributed by atoms with Crippen LogP contribution in [0.25, 0.3) is 0 Å². The van der Waals surface area contributed by atoms with Crippen LogP contribution in [0.1, 0.15) is 35.4 Å². The molecule has 0 radical (unpaired) electrons. The minimum Gasteiger partial charge on any atom is -0.378 e. The van der Waals surface area contributed by atoms with Crippen LogP contribution in [-0.2, 0) is 9.47 Å². The fraction of sp³-hybridized carbons (Fsp3) is 0.643. The Hall–Kier alpha value is -1.33. The lowest BCUT2D eigenvalue weighted by molar-refractivity contribution is -0.0921. The number of ether oxygens (including phenoxy) is 2. The molecule has 1 aromatic heterocycles. The van der Waals surface area contributed by atoms with Crippen molar-refractivity contribution >= 4 is 5.78 Å². The Bertz CT molecular complexity index is 466. The molecule has 0 amide bonds. The summed E-state index contributed by atoms with van der Waals surface area (Å²) in [4.78, 5) is 20.7. The van der Waals surface area contributed by atoms with Crippen LogP contribution in [0.3, 0.4) is 0 Å². The molecular weight excluding hydrogens is 244 g/mol. The number of nitrogens with zero attached hydrogens (tertiary/aromatic N) is 2. The van der Waals surface area contributed by atoms with E-state index in [4.69, 9.17) is 9.47 Å². The lowest BCUT2D eigenvalue weighted by atomic mass is 9.82. The lowest BCUT2D eigenvalue weighted by Gasteiger charge is -2.36. The number of aryl methyl sites for hydroxylation is 1. The molecule has 102 valence electrons. The van der Waals surface area contributed by atoms with Crippen LogP contribution < -0.4 is 0 Å². The minimum atomic E-state index is -0.247. The third kappa shape index (κ3) is 2.53. The number of rotatable bonds is 2. The number of ketones is 1. The maximum absolute atomic E-state index is 12.4. The van der Waals surface area contributed by atoms with Crippen molar-refractivity contribution in [3.05, 3.63) is 23.8 Å². The molecule has 2 fully saturated rings. The standard InChI is InChI=1S/C14H18N2O3/c1-10-7-15-13(16-8-10)12(17)11-2-4-19-14(6-11)3-5-18-9-14/h7-8,11H,2-6,9H2,1H3. The van der Waals surface area contributed by atoms with Gasteiger partial charge < -0.3 is 9.47 Å². The summed E-state index contributed by atoms with van der Waals surface area (Å²) in [5.41, 5.74) is 0.715. The Balaban J connectivity index is 1.74. The molecule has 0 aromatic carbocycles. The molecule has 1 aromatic rings. The Kier molecular flexibility index (Phi) is 3.33. The van der Waals surface area contributed by atoms with E-state index in [0.717, 1.165) is 31.4 Å². The molecule has 0 bridgehead atoms. The van der Waals surface area contributed by atoms with Crippen LogP contribution in [-0.4, -0.2) is 41.2 Å². The van der Waals surface area contributed by atoms with Crippen molar-refractivity contribution in [2.45, 2.75) is 31.8 Å². The van der Waals surface area contributed by atoms with Crippen LogP contribution in [0.15, 0.2) is 12.4 Å². The Morgan fingerprint density at radius 2 is 2.16 bits per heavy atom. The topological polar surface area (TPSA) is 61.3 Å². The van der Waals surface area contributed by atoms with Crippen LogP contribution in [0.5, 0.6) is 0 Å². The monoisotopic (exact) mass is 262 g/mol. The van der Waals surface area contributed by atoms with Gasteiger partial charge in [0, 0.05) is 37.9 Å². The summed E-state index contributed by atoms with van der Waals surface area (Å²) in [6.07, 6.45) is 5.73. The van der Waals surface area contributed by atoms with Gasteiger partial charge in [0.15, 0.2) is 5.82 Å². The van der Waals surface area contributed by atoms with E-state index < -0.39 is 0 Å². The van der Waals surface area contributed by atoms with E-state index in [-0.39, 0.29) is 17.3 Å². The van der Waals surface area contributed by atoms with E-state index in [0.29, 0.717) is 19.0 Å². The van der Waals surface area contributed by atoms with E-state index in [1.165, 1.54) is 0 Å². The Labute approximate surface area is 112 Å². The first-order valence-electron chi connectivity index (χ1n) is 6.73. The van der Waals surface area contributed by atoms with Gasteiger partial charge >= 0.3 is 0 Å². The van der Waals surface area contributed by atoms with Gasteiger partial charge in [0.25, 0.3) is 0 Å². The van der Waals surface area contributed by atoms with Gasteiger partial charge in [-0.3, -0.25) is 4.79 Å². The lowest BCUT2D eigenvalue weighted by Crippen LogP contribution is -2.42. The quantitative estimate of drug-likeness (QED) is 0.757. The van der Waals surface area contributed by atoms with Crippen molar-refractivity contribution < 1.29 is 14.3 Å². The second kappa shape index (κ2) is 4.98. The zero-order chi connectivity index (χ0) is 13.3. The molecule has 0 N–H and O–H groups in total. The normalized spacial score (nSPS) is 30.7. The van der Waals surface area contributed by atoms with Crippen LogP contribution in [0.2, 0.25) is 0 Å². The van der Waals surface area contributed by atoms with Crippen LogP contribution >= 0.6 is 0 Å². The van der Waals surface area contributed by atoms with Gasteiger partial charge in [-0.05, 0) is 25.3 Å². The molecule has 2 saturated heterocycles. The van der Waals surface area contributed by atoms with E-state index in [2.05, 4.69) is 9.97 Å². The number of hydrogen-bond donors (Lipinski definition) is 0. The Morgan fingerprint density at radius 1 is 1.37 bits per heavy atom.